The van der Waals surface area contributed by atoms with E-state index in [-0.39, 0.29) is 29.2 Å². The molecular weight excluding hydrogens is 386 g/mol. The molecule has 156 valence electrons. The minimum atomic E-state index is -0.339. The third-order valence-corrected chi connectivity index (χ3v) is 5.35. The molecule has 1 unspecified atom stereocenters. The van der Waals surface area contributed by atoms with Crippen molar-refractivity contribution < 1.29 is 4.79 Å². The van der Waals surface area contributed by atoms with Crippen molar-refractivity contribution in [3.05, 3.63) is 112 Å². The molecule has 31 heavy (non-hydrogen) atoms. The summed E-state index contributed by atoms with van der Waals surface area (Å²) in [6.07, 6.45) is 0. The zero-order chi connectivity index (χ0) is 22.0. The first-order chi connectivity index (χ1) is 15.0. The van der Waals surface area contributed by atoms with Crippen molar-refractivity contribution in [2.75, 3.05) is 0 Å². The maximum atomic E-state index is 13.5. The summed E-state index contributed by atoms with van der Waals surface area (Å²) >= 11 is 0. The highest BCUT2D eigenvalue weighted by Gasteiger charge is 2.22. The highest BCUT2D eigenvalue weighted by molar-refractivity contribution is 6.05. The Morgan fingerprint density at radius 2 is 1.42 bits per heavy atom. The summed E-state index contributed by atoms with van der Waals surface area (Å²) in [6.45, 7) is 5.79. The maximum absolute atomic E-state index is 13.5. The molecule has 0 aliphatic carbocycles. The highest BCUT2D eigenvalue weighted by atomic mass is 16.2. The summed E-state index contributed by atoms with van der Waals surface area (Å²) in [5.74, 6) is -0.319. The number of amides is 1. The van der Waals surface area contributed by atoms with Crippen molar-refractivity contribution in [2.45, 2.75) is 32.9 Å². The molecule has 4 rings (SSSR count). The van der Waals surface area contributed by atoms with E-state index in [1.807, 2.05) is 81.4 Å². The van der Waals surface area contributed by atoms with Gasteiger partial charge in [-0.15, -0.1) is 0 Å². The number of carbonyl (C=O) groups is 1. The summed E-state index contributed by atoms with van der Waals surface area (Å²) in [5.41, 5.74) is 3.16. The van der Waals surface area contributed by atoms with E-state index >= 15 is 0 Å². The van der Waals surface area contributed by atoms with E-state index in [1.165, 1.54) is 4.68 Å². The Bertz CT molecular complexity index is 1280. The van der Waals surface area contributed by atoms with Gasteiger partial charge in [0, 0.05) is 5.39 Å². The minimum Gasteiger partial charge on any atom is -0.340 e. The number of aromatic nitrogens is 2. The fourth-order valence-electron chi connectivity index (χ4n) is 3.69. The van der Waals surface area contributed by atoms with E-state index in [2.05, 4.69) is 10.4 Å². The number of aryl methyl sites for hydroxylation is 1. The lowest BCUT2D eigenvalue weighted by molar-refractivity contribution is 0.0937. The zero-order valence-electron chi connectivity index (χ0n) is 17.9. The maximum Gasteiger partial charge on any atom is 0.274 e. The molecule has 0 saturated heterocycles. The van der Waals surface area contributed by atoms with Crippen molar-refractivity contribution in [3.63, 3.8) is 0 Å². The van der Waals surface area contributed by atoms with E-state index in [9.17, 15) is 9.59 Å². The van der Waals surface area contributed by atoms with Crippen LogP contribution in [0.4, 0.5) is 0 Å². The third kappa shape index (κ3) is 4.12. The predicted molar refractivity (Wildman–Crippen MR) is 123 cm³/mol. The molecule has 0 saturated carbocycles. The smallest absolute Gasteiger partial charge is 0.274 e. The first-order valence-corrected chi connectivity index (χ1v) is 10.4. The molecule has 4 aromatic rings. The molecule has 1 atom stereocenters. The average Bonchev–Trinajstić information content (AvgIpc) is 2.79. The summed E-state index contributed by atoms with van der Waals surface area (Å²) < 4.78 is 1.38. The molecule has 3 aromatic carbocycles. The number of hydrogen-bond donors (Lipinski definition) is 1. The normalized spacial score (nSPS) is 12.1. The van der Waals surface area contributed by atoms with Gasteiger partial charge in [0.15, 0.2) is 5.69 Å². The van der Waals surface area contributed by atoms with Crippen LogP contribution in [0.3, 0.4) is 0 Å². The average molecular weight is 412 g/mol. The van der Waals surface area contributed by atoms with Crippen LogP contribution in [0.2, 0.25) is 0 Å². The van der Waals surface area contributed by atoms with Crippen molar-refractivity contribution in [1.29, 1.82) is 0 Å². The van der Waals surface area contributed by atoms with E-state index < -0.39 is 0 Å². The molecule has 1 N–H and O–H groups in total. The van der Waals surface area contributed by atoms with Crippen LogP contribution in [0.1, 0.15) is 53.1 Å². The fraction of sp³-hybridized carbons (Fsp3) is 0.192. The molecule has 0 bridgehead atoms. The lowest BCUT2D eigenvalue weighted by atomic mass is 9.97. The number of nitrogens with one attached hydrogen (secondary N) is 1. The van der Waals surface area contributed by atoms with E-state index in [4.69, 9.17) is 0 Å². The van der Waals surface area contributed by atoms with Gasteiger partial charge in [-0.3, -0.25) is 9.59 Å². The monoisotopic (exact) mass is 411 g/mol. The Kier molecular flexibility index (Phi) is 5.67. The third-order valence-electron chi connectivity index (χ3n) is 5.35. The van der Waals surface area contributed by atoms with Crippen molar-refractivity contribution >= 4 is 16.7 Å². The predicted octanol–water partition coefficient (Wildman–Crippen LogP) is 4.81. The first kappa shape index (κ1) is 20.5. The lowest BCUT2D eigenvalue weighted by Gasteiger charge is -2.21. The van der Waals surface area contributed by atoms with Crippen LogP contribution in [0.15, 0.2) is 83.7 Å². The number of hydrogen-bond acceptors (Lipinski definition) is 3. The van der Waals surface area contributed by atoms with Gasteiger partial charge >= 0.3 is 0 Å². The number of fused-ring (bicyclic) bond motifs is 1. The van der Waals surface area contributed by atoms with Gasteiger partial charge in [-0.25, -0.2) is 4.68 Å². The summed E-state index contributed by atoms with van der Waals surface area (Å²) in [7, 11) is 0. The quantitative estimate of drug-likeness (QED) is 0.513. The Labute approximate surface area is 181 Å². The fourth-order valence-corrected chi connectivity index (χ4v) is 3.69. The molecule has 5 nitrogen and oxygen atoms in total. The van der Waals surface area contributed by atoms with Crippen LogP contribution >= 0.6 is 0 Å². The van der Waals surface area contributed by atoms with E-state index in [0.717, 1.165) is 16.7 Å². The number of rotatable bonds is 5. The van der Waals surface area contributed by atoms with E-state index in [0.29, 0.717) is 10.8 Å². The van der Waals surface area contributed by atoms with Gasteiger partial charge in [-0.05, 0) is 38.0 Å². The second kappa shape index (κ2) is 8.56. The zero-order valence-corrected chi connectivity index (χ0v) is 17.9. The second-order valence-corrected chi connectivity index (χ2v) is 7.97. The highest BCUT2D eigenvalue weighted by Crippen LogP contribution is 2.24. The summed E-state index contributed by atoms with van der Waals surface area (Å²) in [4.78, 5) is 26.3. The summed E-state index contributed by atoms with van der Waals surface area (Å²) in [5, 5.41) is 8.63. The van der Waals surface area contributed by atoms with Crippen molar-refractivity contribution in [2.24, 2.45) is 0 Å². The largest absolute Gasteiger partial charge is 0.340 e. The van der Waals surface area contributed by atoms with Gasteiger partial charge in [-0.1, -0.05) is 78.4 Å². The van der Waals surface area contributed by atoms with Crippen LogP contribution < -0.4 is 10.9 Å². The molecular formula is C26H25N3O2. The Balaban J connectivity index is 1.81. The number of nitrogens with zero attached hydrogens (tertiary/aromatic N) is 2. The van der Waals surface area contributed by atoms with Gasteiger partial charge in [0.25, 0.3) is 11.5 Å². The SMILES string of the molecule is Cc1ccc(C(NC(=O)c2nn(C(C)C)c(=O)c3ccccc23)c2ccccc2)cc1. The van der Waals surface area contributed by atoms with Crippen molar-refractivity contribution in [3.8, 4) is 0 Å². The topological polar surface area (TPSA) is 64.0 Å². The van der Waals surface area contributed by atoms with Gasteiger partial charge < -0.3 is 5.32 Å². The van der Waals surface area contributed by atoms with Crippen molar-refractivity contribution in [1.82, 2.24) is 15.1 Å². The summed E-state index contributed by atoms with van der Waals surface area (Å²) in [6, 6.07) is 24.6. The van der Waals surface area contributed by atoms with Gasteiger partial charge in [0.05, 0.1) is 17.5 Å². The van der Waals surface area contributed by atoms with Gasteiger partial charge in [0.1, 0.15) is 0 Å². The van der Waals surface area contributed by atoms with Gasteiger partial charge in [-0.2, -0.15) is 5.10 Å². The molecule has 1 heterocycles. The van der Waals surface area contributed by atoms with Gasteiger partial charge in [0.2, 0.25) is 0 Å². The Hall–Kier alpha value is -3.73. The Morgan fingerprint density at radius 1 is 0.839 bits per heavy atom. The molecule has 0 aliphatic heterocycles. The molecule has 0 fully saturated rings. The van der Waals surface area contributed by atoms with Crippen LogP contribution in [0.5, 0.6) is 0 Å². The molecule has 1 aromatic heterocycles. The molecule has 1 amide bonds. The Morgan fingerprint density at radius 3 is 2.06 bits per heavy atom. The van der Waals surface area contributed by atoms with Crippen LogP contribution in [-0.4, -0.2) is 15.7 Å². The molecule has 0 radical (unpaired) electrons. The lowest BCUT2D eigenvalue weighted by Crippen LogP contribution is -2.34. The standard InChI is InChI=1S/C26H25N3O2/c1-17(2)29-26(31)22-12-8-7-11-21(22)24(28-29)25(30)27-23(19-9-5-4-6-10-19)20-15-13-18(3)14-16-20/h4-17,23H,1-3H3,(H,27,30). The minimum absolute atomic E-state index is 0.161. The van der Waals surface area contributed by atoms with Crippen LogP contribution in [-0.2, 0) is 0 Å². The second-order valence-electron chi connectivity index (χ2n) is 7.97. The van der Waals surface area contributed by atoms with E-state index in [1.54, 1.807) is 18.2 Å². The molecule has 5 heteroatoms. The number of benzene rings is 3. The first-order valence-electron chi connectivity index (χ1n) is 10.4. The van der Waals surface area contributed by atoms with Crippen LogP contribution in [0.25, 0.3) is 10.8 Å². The molecule has 0 spiro atoms. The van der Waals surface area contributed by atoms with Crippen LogP contribution in [0, 0.1) is 6.92 Å². The number of carbonyl (C=O) groups excluding carboxylic acids is 1. The molecule has 0 aliphatic rings.